The second-order valence-electron chi connectivity index (χ2n) is 4.62. The first kappa shape index (κ1) is 13.6. The summed E-state index contributed by atoms with van der Waals surface area (Å²) in [4.78, 5) is 4.69. The summed E-state index contributed by atoms with van der Waals surface area (Å²) >= 11 is 3.58. The molecule has 0 aromatic heterocycles. The molecule has 4 nitrogen and oxygen atoms in total. The number of benzene rings is 1. The van der Waals surface area contributed by atoms with Gasteiger partial charge >= 0.3 is 0 Å². The summed E-state index contributed by atoms with van der Waals surface area (Å²) in [5.74, 6) is 0. The van der Waals surface area contributed by atoms with Gasteiger partial charge in [0.15, 0.2) is 0 Å². The third kappa shape index (κ3) is 3.37. The zero-order valence-corrected chi connectivity index (χ0v) is 12.1. The third-order valence-corrected chi connectivity index (χ3v) is 3.95. The normalized spacial score (nSPS) is 17.8. The molecular weight excluding hydrogens is 294 g/mol. The van der Waals surface area contributed by atoms with Crippen molar-refractivity contribution in [1.82, 2.24) is 4.90 Å². The molecule has 1 aliphatic heterocycles. The second-order valence-corrected chi connectivity index (χ2v) is 5.47. The highest BCUT2D eigenvalue weighted by Crippen LogP contribution is 2.28. The predicted molar refractivity (Wildman–Crippen MR) is 78.9 cm³/mol. The lowest BCUT2D eigenvalue weighted by atomic mass is 10.2. The van der Waals surface area contributed by atoms with E-state index in [1.165, 1.54) is 5.69 Å². The van der Waals surface area contributed by atoms with Crippen LogP contribution in [0.1, 0.15) is 6.42 Å². The lowest BCUT2D eigenvalue weighted by Gasteiger charge is -2.24. The van der Waals surface area contributed by atoms with Crippen molar-refractivity contribution in [3.63, 3.8) is 0 Å². The van der Waals surface area contributed by atoms with Gasteiger partial charge < -0.3 is 15.7 Å². The van der Waals surface area contributed by atoms with E-state index in [4.69, 9.17) is 10.8 Å². The maximum absolute atomic E-state index is 8.99. The van der Waals surface area contributed by atoms with Gasteiger partial charge in [-0.3, -0.25) is 4.90 Å². The summed E-state index contributed by atoms with van der Waals surface area (Å²) in [6.45, 7) is 5.11. The Morgan fingerprint density at radius 3 is 2.78 bits per heavy atom. The quantitative estimate of drug-likeness (QED) is 0.831. The molecule has 5 heteroatoms. The number of nitrogens with zero attached hydrogens (tertiary/aromatic N) is 2. The van der Waals surface area contributed by atoms with Crippen molar-refractivity contribution in [2.24, 2.45) is 0 Å². The van der Waals surface area contributed by atoms with Gasteiger partial charge in [0.25, 0.3) is 0 Å². The van der Waals surface area contributed by atoms with Gasteiger partial charge in [-0.1, -0.05) is 0 Å². The molecule has 0 amide bonds. The van der Waals surface area contributed by atoms with Crippen molar-refractivity contribution >= 4 is 27.3 Å². The largest absolute Gasteiger partial charge is 0.399 e. The van der Waals surface area contributed by atoms with Crippen LogP contribution >= 0.6 is 15.9 Å². The van der Waals surface area contributed by atoms with E-state index < -0.39 is 0 Å². The van der Waals surface area contributed by atoms with Crippen LogP contribution < -0.4 is 10.6 Å². The Morgan fingerprint density at radius 2 is 2.06 bits per heavy atom. The third-order valence-electron chi connectivity index (χ3n) is 3.32. The summed E-state index contributed by atoms with van der Waals surface area (Å²) in [6, 6.07) is 5.96. The van der Waals surface area contributed by atoms with Crippen LogP contribution in [0, 0.1) is 0 Å². The van der Waals surface area contributed by atoms with Crippen molar-refractivity contribution in [2.45, 2.75) is 6.42 Å². The molecule has 0 radical (unpaired) electrons. The molecule has 0 spiro atoms. The van der Waals surface area contributed by atoms with Crippen molar-refractivity contribution in [1.29, 1.82) is 0 Å². The fraction of sp³-hybridized carbons (Fsp3) is 0.538. The Morgan fingerprint density at radius 1 is 1.22 bits per heavy atom. The van der Waals surface area contributed by atoms with Crippen molar-refractivity contribution in [3.05, 3.63) is 22.7 Å². The average molecular weight is 314 g/mol. The molecular formula is C13H20BrN3O. The molecule has 2 rings (SSSR count). The van der Waals surface area contributed by atoms with Crippen LogP contribution in [-0.2, 0) is 0 Å². The highest BCUT2D eigenvalue weighted by molar-refractivity contribution is 9.10. The molecule has 3 N–H and O–H groups in total. The minimum atomic E-state index is 0.242. The van der Waals surface area contributed by atoms with Crippen LogP contribution in [0.3, 0.4) is 0 Å². The number of hydrogen-bond donors (Lipinski definition) is 2. The van der Waals surface area contributed by atoms with Crippen LogP contribution in [-0.4, -0.2) is 49.3 Å². The minimum absolute atomic E-state index is 0.242. The first-order valence-electron chi connectivity index (χ1n) is 6.34. The number of β-amino-alcohol motifs (C(OH)–C–C–N with tert-alkyl or cyclic N) is 1. The average Bonchev–Trinajstić information content (AvgIpc) is 2.55. The zero-order chi connectivity index (χ0) is 13.0. The summed E-state index contributed by atoms with van der Waals surface area (Å²) in [7, 11) is 0. The Labute approximate surface area is 117 Å². The Hall–Kier alpha value is -0.780. The van der Waals surface area contributed by atoms with E-state index in [-0.39, 0.29) is 6.61 Å². The highest BCUT2D eigenvalue weighted by atomic mass is 79.9. The van der Waals surface area contributed by atoms with E-state index in [2.05, 4.69) is 31.8 Å². The molecule has 0 saturated carbocycles. The van der Waals surface area contributed by atoms with Gasteiger partial charge in [-0.05, 0) is 47.1 Å². The van der Waals surface area contributed by atoms with Gasteiger partial charge in [0.1, 0.15) is 0 Å². The van der Waals surface area contributed by atoms with E-state index in [1.807, 2.05) is 12.1 Å². The maximum atomic E-state index is 8.99. The first-order chi connectivity index (χ1) is 8.70. The van der Waals surface area contributed by atoms with Crippen molar-refractivity contribution in [2.75, 3.05) is 50.0 Å². The monoisotopic (exact) mass is 313 g/mol. The second kappa shape index (κ2) is 6.41. The van der Waals surface area contributed by atoms with E-state index in [0.717, 1.165) is 49.3 Å². The summed E-state index contributed by atoms with van der Waals surface area (Å²) in [5.41, 5.74) is 7.75. The van der Waals surface area contributed by atoms with Crippen LogP contribution in [0.5, 0.6) is 0 Å². The number of halogens is 1. The highest BCUT2D eigenvalue weighted by Gasteiger charge is 2.16. The molecule has 18 heavy (non-hydrogen) atoms. The number of aliphatic hydroxyl groups excluding tert-OH is 1. The smallest absolute Gasteiger partial charge is 0.0558 e. The molecule has 1 aliphatic rings. The minimum Gasteiger partial charge on any atom is -0.399 e. The number of nitrogen functional groups attached to an aromatic ring is 1. The Bertz CT molecular complexity index is 400. The van der Waals surface area contributed by atoms with Crippen LogP contribution in [0.15, 0.2) is 22.7 Å². The predicted octanol–water partition coefficient (Wildman–Crippen LogP) is 1.54. The van der Waals surface area contributed by atoms with Crippen molar-refractivity contribution in [3.8, 4) is 0 Å². The number of nitrogens with two attached hydrogens (primary N) is 1. The summed E-state index contributed by atoms with van der Waals surface area (Å²) in [5, 5.41) is 8.99. The lowest BCUT2D eigenvalue weighted by Crippen LogP contribution is -2.32. The molecule has 100 valence electrons. The number of rotatable bonds is 3. The molecule has 0 aliphatic carbocycles. The van der Waals surface area contributed by atoms with Crippen LogP contribution in [0.2, 0.25) is 0 Å². The van der Waals surface area contributed by atoms with E-state index in [1.54, 1.807) is 0 Å². The molecule has 0 bridgehead atoms. The van der Waals surface area contributed by atoms with Crippen LogP contribution in [0.4, 0.5) is 11.4 Å². The number of hydrogen-bond acceptors (Lipinski definition) is 4. The maximum Gasteiger partial charge on any atom is 0.0558 e. The molecule has 0 atom stereocenters. The van der Waals surface area contributed by atoms with Gasteiger partial charge in [-0.25, -0.2) is 0 Å². The van der Waals surface area contributed by atoms with E-state index in [0.29, 0.717) is 0 Å². The summed E-state index contributed by atoms with van der Waals surface area (Å²) < 4.78 is 1.05. The zero-order valence-electron chi connectivity index (χ0n) is 10.5. The Balaban J connectivity index is 2.05. The SMILES string of the molecule is Nc1ccc(N2CCCN(CCO)CC2)c(Br)c1. The molecule has 1 aromatic carbocycles. The van der Waals surface area contributed by atoms with Gasteiger partial charge in [-0.2, -0.15) is 0 Å². The first-order valence-corrected chi connectivity index (χ1v) is 7.13. The fourth-order valence-corrected chi connectivity index (χ4v) is 3.00. The van der Waals surface area contributed by atoms with Gasteiger partial charge in [-0.15, -0.1) is 0 Å². The van der Waals surface area contributed by atoms with Gasteiger partial charge in [0.2, 0.25) is 0 Å². The molecule has 1 fully saturated rings. The Kier molecular flexibility index (Phi) is 4.86. The van der Waals surface area contributed by atoms with Gasteiger partial charge in [0, 0.05) is 36.3 Å². The fourth-order valence-electron chi connectivity index (χ4n) is 2.36. The molecule has 1 heterocycles. The standard InChI is InChI=1S/C13H20BrN3O/c14-12-10-11(15)2-3-13(12)17-5-1-4-16(6-7-17)8-9-18/h2-3,10,18H,1,4-9,15H2. The van der Waals surface area contributed by atoms with E-state index in [9.17, 15) is 0 Å². The molecule has 1 saturated heterocycles. The topological polar surface area (TPSA) is 52.7 Å². The molecule has 0 unspecified atom stereocenters. The van der Waals surface area contributed by atoms with Crippen molar-refractivity contribution < 1.29 is 5.11 Å². The lowest BCUT2D eigenvalue weighted by molar-refractivity contribution is 0.204. The van der Waals surface area contributed by atoms with E-state index >= 15 is 0 Å². The molecule has 1 aromatic rings. The van der Waals surface area contributed by atoms with Crippen LogP contribution in [0.25, 0.3) is 0 Å². The number of aliphatic hydroxyl groups is 1. The van der Waals surface area contributed by atoms with Gasteiger partial charge in [0.05, 0.1) is 12.3 Å². The summed E-state index contributed by atoms with van der Waals surface area (Å²) in [6.07, 6.45) is 1.12. The number of anilines is 2.